The number of para-hydroxylation sites is 1. The van der Waals surface area contributed by atoms with Crippen molar-refractivity contribution in [1.82, 2.24) is 14.7 Å². The third-order valence-corrected chi connectivity index (χ3v) is 5.71. The average Bonchev–Trinajstić information content (AvgIpc) is 3.59. The SMILES string of the molecule is C#CCOC[C@@H](O)CN(Cc1c(C)nn(-c2ccccc2)c1Oc1cccc(F)c1)CC1CC1. The number of benzene rings is 2. The predicted octanol–water partition coefficient (Wildman–Crippen LogP) is 4.33. The molecule has 1 aliphatic carbocycles. The molecule has 178 valence electrons. The first-order valence-corrected chi connectivity index (χ1v) is 11.5. The molecule has 0 radical (unpaired) electrons. The second-order valence-corrected chi connectivity index (χ2v) is 8.69. The third-order valence-electron chi connectivity index (χ3n) is 5.71. The Hall–Kier alpha value is -3.18. The Balaban J connectivity index is 1.63. The molecule has 4 rings (SSSR count). The summed E-state index contributed by atoms with van der Waals surface area (Å²) < 4.78 is 27.2. The molecule has 1 heterocycles. The lowest BCUT2D eigenvalue weighted by molar-refractivity contribution is 0.0250. The lowest BCUT2D eigenvalue weighted by Crippen LogP contribution is -2.36. The number of terminal acetylenes is 1. The van der Waals surface area contributed by atoms with Crippen molar-refractivity contribution in [1.29, 1.82) is 0 Å². The summed E-state index contributed by atoms with van der Waals surface area (Å²) in [6.45, 7) is 4.13. The Morgan fingerprint density at radius 3 is 2.74 bits per heavy atom. The Morgan fingerprint density at radius 1 is 1.24 bits per heavy atom. The van der Waals surface area contributed by atoms with Crippen molar-refractivity contribution in [3.63, 3.8) is 0 Å². The zero-order valence-electron chi connectivity index (χ0n) is 19.4. The number of halogens is 1. The Morgan fingerprint density at radius 2 is 2.03 bits per heavy atom. The molecule has 0 unspecified atom stereocenters. The van der Waals surface area contributed by atoms with Gasteiger partial charge in [-0.05, 0) is 49.9 Å². The van der Waals surface area contributed by atoms with Gasteiger partial charge in [-0.1, -0.05) is 30.2 Å². The summed E-state index contributed by atoms with van der Waals surface area (Å²) in [7, 11) is 0. The third kappa shape index (κ3) is 6.45. The second kappa shape index (κ2) is 11.3. The summed E-state index contributed by atoms with van der Waals surface area (Å²) in [5.74, 6) is 3.60. The van der Waals surface area contributed by atoms with Gasteiger partial charge in [0.1, 0.15) is 18.2 Å². The number of aryl methyl sites for hydroxylation is 1. The van der Waals surface area contributed by atoms with Gasteiger partial charge in [0.15, 0.2) is 0 Å². The highest BCUT2D eigenvalue weighted by Gasteiger charge is 2.28. The number of nitrogens with zero attached hydrogens (tertiary/aromatic N) is 3. The average molecular weight is 464 g/mol. The van der Waals surface area contributed by atoms with E-state index in [-0.39, 0.29) is 19.0 Å². The van der Waals surface area contributed by atoms with Gasteiger partial charge in [0, 0.05) is 25.7 Å². The number of aliphatic hydroxyl groups is 1. The maximum atomic E-state index is 13.9. The van der Waals surface area contributed by atoms with Gasteiger partial charge in [-0.25, -0.2) is 9.07 Å². The van der Waals surface area contributed by atoms with Crippen LogP contribution in [-0.2, 0) is 11.3 Å². The van der Waals surface area contributed by atoms with Crippen molar-refractivity contribution in [2.75, 3.05) is 26.3 Å². The molecule has 0 spiro atoms. The van der Waals surface area contributed by atoms with E-state index in [0.717, 1.165) is 23.5 Å². The Bertz CT molecular complexity index is 1120. The molecule has 0 amide bonds. The van der Waals surface area contributed by atoms with Crippen molar-refractivity contribution in [3.05, 3.63) is 71.7 Å². The molecule has 1 aliphatic rings. The monoisotopic (exact) mass is 463 g/mol. The van der Waals surface area contributed by atoms with Crippen LogP contribution in [0.25, 0.3) is 5.69 Å². The van der Waals surface area contributed by atoms with E-state index in [9.17, 15) is 9.50 Å². The van der Waals surface area contributed by atoms with Crippen LogP contribution in [0.4, 0.5) is 4.39 Å². The summed E-state index contributed by atoms with van der Waals surface area (Å²) in [6, 6.07) is 15.8. The van der Waals surface area contributed by atoms with Crippen LogP contribution in [0.5, 0.6) is 11.6 Å². The normalized spacial score (nSPS) is 14.2. The number of aromatic nitrogens is 2. The molecule has 0 aliphatic heterocycles. The van der Waals surface area contributed by atoms with Crippen molar-refractivity contribution in [2.24, 2.45) is 5.92 Å². The largest absolute Gasteiger partial charge is 0.438 e. The summed E-state index contributed by atoms with van der Waals surface area (Å²) in [4.78, 5) is 2.21. The summed E-state index contributed by atoms with van der Waals surface area (Å²) in [5, 5.41) is 15.3. The van der Waals surface area contributed by atoms with E-state index in [0.29, 0.717) is 30.6 Å². The van der Waals surface area contributed by atoms with Gasteiger partial charge in [-0.15, -0.1) is 6.42 Å². The van der Waals surface area contributed by atoms with Crippen LogP contribution in [0, 0.1) is 31.0 Å². The number of ether oxygens (including phenoxy) is 2. The fraction of sp³-hybridized carbons (Fsp3) is 0.370. The van der Waals surface area contributed by atoms with Crippen molar-refractivity contribution < 1.29 is 19.0 Å². The molecule has 1 aromatic heterocycles. The lowest BCUT2D eigenvalue weighted by Gasteiger charge is -2.25. The molecule has 7 heteroatoms. The second-order valence-electron chi connectivity index (χ2n) is 8.69. The fourth-order valence-electron chi connectivity index (χ4n) is 3.91. The molecule has 6 nitrogen and oxygen atoms in total. The van der Waals surface area contributed by atoms with Crippen molar-refractivity contribution >= 4 is 0 Å². The fourth-order valence-corrected chi connectivity index (χ4v) is 3.91. The first-order chi connectivity index (χ1) is 16.5. The molecule has 1 fully saturated rings. The van der Waals surface area contributed by atoms with E-state index >= 15 is 0 Å². The van der Waals surface area contributed by atoms with Crippen molar-refractivity contribution in [2.45, 2.75) is 32.4 Å². The predicted molar refractivity (Wildman–Crippen MR) is 128 cm³/mol. The van der Waals surface area contributed by atoms with E-state index < -0.39 is 6.10 Å². The first kappa shape index (κ1) is 24.0. The maximum absolute atomic E-state index is 13.9. The van der Waals surface area contributed by atoms with Crippen LogP contribution >= 0.6 is 0 Å². The van der Waals surface area contributed by atoms with Gasteiger partial charge in [0.25, 0.3) is 0 Å². The van der Waals surface area contributed by atoms with E-state index in [1.54, 1.807) is 16.8 Å². The molecule has 0 bridgehead atoms. The minimum Gasteiger partial charge on any atom is -0.438 e. The van der Waals surface area contributed by atoms with E-state index in [1.807, 2.05) is 37.3 Å². The molecule has 34 heavy (non-hydrogen) atoms. The molecule has 3 aromatic rings. The van der Waals surface area contributed by atoms with Crippen LogP contribution in [0.15, 0.2) is 54.6 Å². The van der Waals surface area contributed by atoms with Gasteiger partial charge in [0.05, 0.1) is 29.7 Å². The lowest BCUT2D eigenvalue weighted by atomic mass is 10.2. The highest BCUT2D eigenvalue weighted by Crippen LogP contribution is 2.34. The maximum Gasteiger partial charge on any atom is 0.227 e. The van der Waals surface area contributed by atoms with E-state index in [2.05, 4.69) is 10.8 Å². The molecule has 1 saturated carbocycles. The Kier molecular flexibility index (Phi) is 7.96. The molecular weight excluding hydrogens is 433 g/mol. The topological polar surface area (TPSA) is 59.8 Å². The van der Waals surface area contributed by atoms with Gasteiger partial charge in [0.2, 0.25) is 5.88 Å². The van der Waals surface area contributed by atoms with Gasteiger partial charge < -0.3 is 14.6 Å². The highest BCUT2D eigenvalue weighted by atomic mass is 19.1. The molecule has 1 atom stereocenters. The number of rotatable bonds is 12. The zero-order chi connectivity index (χ0) is 23.9. The standard InChI is InChI=1S/C27H30FN3O3/c1-3-14-33-19-24(32)17-30(16-21-12-13-21)18-26-20(2)29-31(23-9-5-4-6-10-23)27(26)34-25-11-7-8-22(28)15-25/h1,4-11,15,21,24,32H,12-14,16-19H2,2H3/t24-/m0/s1. The zero-order valence-corrected chi connectivity index (χ0v) is 19.4. The van der Waals surface area contributed by atoms with Crippen LogP contribution < -0.4 is 4.74 Å². The van der Waals surface area contributed by atoms with Crippen LogP contribution in [0.3, 0.4) is 0 Å². The number of hydrogen-bond donors (Lipinski definition) is 1. The molecule has 2 aromatic carbocycles. The highest BCUT2D eigenvalue weighted by molar-refractivity contribution is 5.43. The summed E-state index contributed by atoms with van der Waals surface area (Å²) in [5.41, 5.74) is 2.55. The molecule has 1 N–H and O–H groups in total. The minimum absolute atomic E-state index is 0.175. The first-order valence-electron chi connectivity index (χ1n) is 11.5. The molecule has 0 saturated heterocycles. The number of aliphatic hydroxyl groups excluding tert-OH is 1. The smallest absolute Gasteiger partial charge is 0.227 e. The Labute approximate surface area is 199 Å². The van der Waals surface area contributed by atoms with Crippen LogP contribution in [-0.4, -0.2) is 52.2 Å². The molecular formula is C27H30FN3O3. The van der Waals surface area contributed by atoms with Crippen molar-refractivity contribution in [3.8, 4) is 29.7 Å². The summed E-state index contributed by atoms with van der Waals surface area (Å²) >= 11 is 0. The van der Waals surface area contributed by atoms with E-state index in [4.69, 9.17) is 21.0 Å². The van der Waals surface area contributed by atoms with Gasteiger partial charge >= 0.3 is 0 Å². The van der Waals surface area contributed by atoms with Gasteiger partial charge in [-0.2, -0.15) is 5.10 Å². The van der Waals surface area contributed by atoms with E-state index in [1.165, 1.54) is 25.0 Å². The minimum atomic E-state index is -0.663. The quantitative estimate of drug-likeness (QED) is 0.320. The summed E-state index contributed by atoms with van der Waals surface area (Å²) in [6.07, 6.45) is 6.95. The van der Waals surface area contributed by atoms with Gasteiger partial charge in [-0.3, -0.25) is 4.90 Å². The van der Waals surface area contributed by atoms with Crippen LogP contribution in [0.1, 0.15) is 24.1 Å². The van der Waals surface area contributed by atoms with Crippen LogP contribution in [0.2, 0.25) is 0 Å². The number of hydrogen-bond acceptors (Lipinski definition) is 5.